The van der Waals surface area contributed by atoms with Crippen LogP contribution in [0, 0.1) is 5.41 Å². The normalized spacial score (nSPS) is 22.5. The van der Waals surface area contributed by atoms with Crippen molar-refractivity contribution in [3.63, 3.8) is 0 Å². The molecule has 15 heavy (non-hydrogen) atoms. The van der Waals surface area contributed by atoms with Crippen molar-refractivity contribution in [1.82, 2.24) is 9.80 Å². The van der Waals surface area contributed by atoms with E-state index in [1.54, 1.807) is 0 Å². The van der Waals surface area contributed by atoms with Crippen molar-refractivity contribution in [3.05, 3.63) is 0 Å². The van der Waals surface area contributed by atoms with Crippen LogP contribution in [0.2, 0.25) is 0 Å². The predicted molar refractivity (Wildman–Crippen MR) is 62.8 cm³/mol. The minimum atomic E-state index is 0.320. The topological polar surface area (TPSA) is 23.6 Å². The summed E-state index contributed by atoms with van der Waals surface area (Å²) < 4.78 is 0. The zero-order valence-electron chi connectivity index (χ0n) is 10.5. The van der Waals surface area contributed by atoms with E-state index in [4.69, 9.17) is 0 Å². The van der Waals surface area contributed by atoms with E-state index in [0.29, 0.717) is 17.7 Å². The number of likely N-dealkylation sites (tertiary alicyclic amines) is 2. The van der Waals surface area contributed by atoms with Crippen LogP contribution in [0.1, 0.15) is 34.1 Å². The Morgan fingerprint density at radius 1 is 1.13 bits per heavy atom. The van der Waals surface area contributed by atoms with Crippen LogP contribution >= 0.6 is 0 Å². The van der Waals surface area contributed by atoms with Gasteiger partial charge in [-0.1, -0.05) is 27.7 Å². The van der Waals surface area contributed by atoms with Crippen molar-refractivity contribution in [1.29, 1.82) is 0 Å². The Balaban J connectivity index is 0.000000531. The molecule has 2 aliphatic heterocycles. The molecule has 0 radical (unpaired) electrons. The molecular weight excluding hydrogens is 188 g/mol. The molecule has 2 fully saturated rings. The second kappa shape index (κ2) is 4.97. The summed E-state index contributed by atoms with van der Waals surface area (Å²) in [5.74, 6) is 0.320. The lowest BCUT2D eigenvalue weighted by Crippen LogP contribution is -2.72. The van der Waals surface area contributed by atoms with Crippen LogP contribution in [0.25, 0.3) is 0 Å². The van der Waals surface area contributed by atoms with E-state index in [-0.39, 0.29) is 0 Å². The van der Waals surface area contributed by atoms with Gasteiger partial charge in [-0.25, -0.2) is 0 Å². The number of nitrogens with zero attached hydrogens (tertiary/aromatic N) is 2. The molecule has 2 saturated heterocycles. The summed E-state index contributed by atoms with van der Waals surface area (Å²) in [6, 6.07) is 0. The molecule has 3 heteroatoms. The maximum atomic E-state index is 11.3. The fourth-order valence-corrected chi connectivity index (χ4v) is 2.49. The summed E-state index contributed by atoms with van der Waals surface area (Å²) in [6.45, 7) is 13.7. The van der Waals surface area contributed by atoms with Crippen LogP contribution in [0.3, 0.4) is 0 Å². The molecule has 88 valence electrons. The van der Waals surface area contributed by atoms with E-state index in [1.807, 2.05) is 25.7 Å². The van der Waals surface area contributed by atoms with Crippen LogP contribution in [-0.2, 0) is 4.79 Å². The molecule has 0 aromatic rings. The van der Waals surface area contributed by atoms with Gasteiger partial charge in [-0.15, -0.1) is 0 Å². The van der Waals surface area contributed by atoms with Gasteiger partial charge in [0.05, 0.1) is 0 Å². The van der Waals surface area contributed by atoms with Gasteiger partial charge in [-0.2, -0.15) is 0 Å². The Bertz CT molecular complexity index is 214. The first-order valence-electron chi connectivity index (χ1n) is 6.19. The second-order valence-electron chi connectivity index (χ2n) is 4.41. The Morgan fingerprint density at radius 3 is 2.07 bits per heavy atom. The van der Waals surface area contributed by atoms with Crippen molar-refractivity contribution < 1.29 is 4.79 Å². The molecule has 1 amide bonds. The smallest absolute Gasteiger partial charge is 0.222 e. The lowest BCUT2D eigenvalue weighted by atomic mass is 9.73. The molecule has 0 bridgehead atoms. The molecule has 2 heterocycles. The third-order valence-electron chi connectivity index (χ3n) is 3.27. The summed E-state index contributed by atoms with van der Waals surface area (Å²) in [7, 11) is 0. The van der Waals surface area contributed by atoms with Crippen molar-refractivity contribution in [2.45, 2.75) is 34.1 Å². The molecule has 3 nitrogen and oxygen atoms in total. The third-order valence-corrected chi connectivity index (χ3v) is 3.27. The molecule has 1 spiro atoms. The van der Waals surface area contributed by atoms with Gasteiger partial charge in [0.15, 0.2) is 0 Å². The first-order chi connectivity index (χ1) is 7.19. The minimum Gasteiger partial charge on any atom is -0.341 e. The van der Waals surface area contributed by atoms with Crippen molar-refractivity contribution in [3.8, 4) is 0 Å². The van der Waals surface area contributed by atoms with E-state index in [1.165, 1.54) is 13.1 Å². The number of hydrogen-bond donors (Lipinski definition) is 0. The number of amides is 1. The maximum Gasteiger partial charge on any atom is 0.222 e. The average Bonchev–Trinajstić information content (AvgIpc) is 2.17. The molecule has 2 aliphatic rings. The molecule has 0 unspecified atom stereocenters. The van der Waals surface area contributed by atoms with Crippen molar-refractivity contribution in [2.24, 2.45) is 5.41 Å². The van der Waals surface area contributed by atoms with Crippen LogP contribution in [0.15, 0.2) is 0 Å². The van der Waals surface area contributed by atoms with E-state index >= 15 is 0 Å². The summed E-state index contributed by atoms with van der Waals surface area (Å²) in [5, 5.41) is 0. The number of carbonyl (C=O) groups is 1. The van der Waals surface area contributed by atoms with Gasteiger partial charge in [-0.3, -0.25) is 4.79 Å². The lowest BCUT2D eigenvalue weighted by molar-refractivity contribution is -0.158. The summed E-state index contributed by atoms with van der Waals surface area (Å²) >= 11 is 0. The van der Waals surface area contributed by atoms with Gasteiger partial charge >= 0.3 is 0 Å². The third kappa shape index (κ3) is 2.33. The zero-order chi connectivity index (χ0) is 11.5. The van der Waals surface area contributed by atoms with E-state index < -0.39 is 0 Å². The largest absolute Gasteiger partial charge is 0.341 e. The van der Waals surface area contributed by atoms with Crippen LogP contribution in [0.5, 0.6) is 0 Å². The molecule has 2 rings (SSSR count). The van der Waals surface area contributed by atoms with Gasteiger partial charge in [0, 0.05) is 38.0 Å². The number of hydrogen-bond acceptors (Lipinski definition) is 2. The average molecular weight is 212 g/mol. The standard InChI is InChI=1S/C10H18N2O.C2H6/c1-3-9(13)12-7-10(8-12)5-11(4-2)6-10;1-2/h3-8H2,1-2H3;1-2H3. The van der Waals surface area contributed by atoms with Crippen molar-refractivity contribution in [2.75, 3.05) is 32.7 Å². The SMILES string of the molecule is CC.CCC(=O)N1CC2(CN(CC)C2)C1. The number of carbonyl (C=O) groups excluding carboxylic acids is 1. The molecule has 0 aliphatic carbocycles. The lowest BCUT2D eigenvalue weighted by Gasteiger charge is -2.60. The highest BCUT2D eigenvalue weighted by molar-refractivity contribution is 5.77. The first-order valence-corrected chi connectivity index (χ1v) is 6.19. The van der Waals surface area contributed by atoms with Gasteiger partial charge in [0.1, 0.15) is 0 Å². The van der Waals surface area contributed by atoms with Crippen LogP contribution < -0.4 is 0 Å². The summed E-state index contributed by atoms with van der Waals surface area (Å²) in [4.78, 5) is 15.7. The van der Waals surface area contributed by atoms with Gasteiger partial charge < -0.3 is 9.80 Å². The maximum absolute atomic E-state index is 11.3. The first kappa shape index (κ1) is 12.5. The quantitative estimate of drug-likeness (QED) is 0.694. The molecule has 0 atom stereocenters. The zero-order valence-corrected chi connectivity index (χ0v) is 10.5. The Morgan fingerprint density at radius 2 is 1.67 bits per heavy atom. The molecule has 0 saturated carbocycles. The van der Waals surface area contributed by atoms with Crippen LogP contribution in [0.4, 0.5) is 0 Å². The second-order valence-corrected chi connectivity index (χ2v) is 4.41. The fourth-order valence-electron chi connectivity index (χ4n) is 2.49. The van der Waals surface area contributed by atoms with Gasteiger partial charge in [-0.05, 0) is 6.54 Å². The fraction of sp³-hybridized carbons (Fsp3) is 0.917. The molecule has 0 aromatic carbocycles. The highest BCUT2D eigenvalue weighted by atomic mass is 16.2. The van der Waals surface area contributed by atoms with Gasteiger partial charge in [0.25, 0.3) is 0 Å². The highest BCUT2D eigenvalue weighted by Crippen LogP contribution is 2.39. The van der Waals surface area contributed by atoms with Crippen molar-refractivity contribution >= 4 is 5.91 Å². The predicted octanol–water partition coefficient (Wildman–Crippen LogP) is 1.59. The molecular formula is C12H24N2O. The monoisotopic (exact) mass is 212 g/mol. The van der Waals surface area contributed by atoms with E-state index in [9.17, 15) is 4.79 Å². The molecule has 0 N–H and O–H groups in total. The summed E-state index contributed by atoms with van der Waals surface area (Å²) in [5.41, 5.74) is 0.501. The molecule has 0 aromatic heterocycles. The van der Waals surface area contributed by atoms with E-state index in [2.05, 4.69) is 11.8 Å². The Labute approximate surface area is 93.4 Å². The summed E-state index contributed by atoms with van der Waals surface area (Å²) in [6.07, 6.45) is 0.660. The highest BCUT2D eigenvalue weighted by Gasteiger charge is 2.51. The van der Waals surface area contributed by atoms with Crippen LogP contribution in [-0.4, -0.2) is 48.4 Å². The van der Waals surface area contributed by atoms with Gasteiger partial charge in [0.2, 0.25) is 5.91 Å². The Hall–Kier alpha value is -0.570. The number of rotatable bonds is 2. The Kier molecular flexibility index (Phi) is 4.14. The van der Waals surface area contributed by atoms with E-state index in [0.717, 1.165) is 19.6 Å². The minimum absolute atomic E-state index is 0.320.